The van der Waals surface area contributed by atoms with Gasteiger partial charge in [-0.3, -0.25) is 4.79 Å². The lowest BCUT2D eigenvalue weighted by atomic mass is 9.69. The highest BCUT2D eigenvalue weighted by Gasteiger charge is 2.42. The number of benzene rings is 1. The molecule has 1 N–H and O–H groups in total. The van der Waals surface area contributed by atoms with Crippen LogP contribution in [0.1, 0.15) is 37.7 Å². The first-order valence-electron chi connectivity index (χ1n) is 5.75. The van der Waals surface area contributed by atoms with Crippen LogP contribution >= 0.6 is 27.5 Å². The number of carboxylic acid groups (broad SMARTS) is 1. The SMILES string of the molecule is O=C(O)C1(c2cc(Cl)ccc2Br)CCCCC1. The van der Waals surface area contributed by atoms with E-state index in [-0.39, 0.29) is 0 Å². The lowest BCUT2D eigenvalue weighted by Gasteiger charge is -2.34. The van der Waals surface area contributed by atoms with Crippen LogP contribution in [0.2, 0.25) is 5.02 Å². The summed E-state index contributed by atoms with van der Waals surface area (Å²) >= 11 is 9.44. The summed E-state index contributed by atoms with van der Waals surface area (Å²) in [5.74, 6) is -0.736. The molecule has 1 saturated carbocycles. The van der Waals surface area contributed by atoms with Gasteiger partial charge < -0.3 is 5.11 Å². The highest BCUT2D eigenvalue weighted by molar-refractivity contribution is 9.10. The summed E-state index contributed by atoms with van der Waals surface area (Å²) in [6, 6.07) is 5.38. The second kappa shape index (κ2) is 4.99. The zero-order valence-corrected chi connectivity index (χ0v) is 11.7. The van der Waals surface area contributed by atoms with Crippen LogP contribution in [-0.4, -0.2) is 11.1 Å². The Bertz CT molecular complexity index is 439. The summed E-state index contributed by atoms with van der Waals surface area (Å²) in [5.41, 5.74) is 0.0549. The number of hydrogen-bond acceptors (Lipinski definition) is 1. The maximum Gasteiger partial charge on any atom is 0.314 e. The summed E-state index contributed by atoms with van der Waals surface area (Å²) in [5, 5.41) is 10.2. The number of hydrogen-bond donors (Lipinski definition) is 1. The van der Waals surface area contributed by atoms with Gasteiger partial charge >= 0.3 is 5.97 Å². The van der Waals surface area contributed by atoms with Crippen LogP contribution in [0.15, 0.2) is 22.7 Å². The Morgan fingerprint density at radius 1 is 1.29 bits per heavy atom. The number of aliphatic carboxylic acids is 1. The fraction of sp³-hybridized carbons (Fsp3) is 0.462. The minimum absolute atomic E-state index is 0.592. The van der Waals surface area contributed by atoms with Gasteiger partial charge in [-0.2, -0.15) is 0 Å². The number of rotatable bonds is 2. The molecule has 0 atom stereocenters. The van der Waals surface area contributed by atoms with Crippen molar-refractivity contribution >= 4 is 33.5 Å². The van der Waals surface area contributed by atoms with E-state index < -0.39 is 11.4 Å². The monoisotopic (exact) mass is 316 g/mol. The maximum absolute atomic E-state index is 11.7. The molecule has 2 nitrogen and oxygen atoms in total. The molecule has 1 aliphatic rings. The lowest BCUT2D eigenvalue weighted by molar-refractivity contribution is -0.145. The van der Waals surface area contributed by atoms with Crippen LogP contribution < -0.4 is 0 Å². The van der Waals surface area contributed by atoms with Gasteiger partial charge in [0.25, 0.3) is 0 Å². The minimum atomic E-state index is -0.762. The average Bonchev–Trinajstić information content (AvgIpc) is 2.33. The van der Waals surface area contributed by atoms with Gasteiger partial charge in [-0.15, -0.1) is 0 Å². The largest absolute Gasteiger partial charge is 0.481 e. The number of carboxylic acids is 1. The van der Waals surface area contributed by atoms with Gasteiger partial charge in [0.1, 0.15) is 0 Å². The third-order valence-corrected chi connectivity index (χ3v) is 4.49. The Hall–Kier alpha value is -0.540. The van der Waals surface area contributed by atoms with Crippen LogP contribution in [0.25, 0.3) is 0 Å². The van der Waals surface area contributed by atoms with Crippen molar-refractivity contribution in [2.24, 2.45) is 0 Å². The molecule has 1 aliphatic carbocycles. The Morgan fingerprint density at radius 2 is 1.94 bits per heavy atom. The molecule has 17 heavy (non-hydrogen) atoms. The lowest BCUT2D eigenvalue weighted by Crippen LogP contribution is -2.38. The molecule has 2 rings (SSSR count). The number of carbonyl (C=O) groups is 1. The van der Waals surface area contributed by atoms with Crippen molar-refractivity contribution in [1.29, 1.82) is 0 Å². The van der Waals surface area contributed by atoms with Gasteiger partial charge in [0, 0.05) is 9.50 Å². The van der Waals surface area contributed by atoms with Gasteiger partial charge in [0.15, 0.2) is 0 Å². The van der Waals surface area contributed by atoms with E-state index in [0.717, 1.165) is 29.3 Å². The van der Waals surface area contributed by atoms with Crippen LogP contribution in [0, 0.1) is 0 Å². The van der Waals surface area contributed by atoms with Crippen molar-refractivity contribution in [2.75, 3.05) is 0 Å². The number of halogens is 2. The normalized spacial score (nSPS) is 18.9. The van der Waals surface area contributed by atoms with Gasteiger partial charge in [-0.25, -0.2) is 0 Å². The van der Waals surface area contributed by atoms with E-state index in [1.54, 1.807) is 12.1 Å². The quantitative estimate of drug-likeness (QED) is 0.878. The average molecular weight is 318 g/mol. The molecular formula is C13H14BrClO2. The minimum Gasteiger partial charge on any atom is -0.481 e. The molecule has 0 bridgehead atoms. The van der Waals surface area contributed by atoms with Crippen LogP contribution in [0.5, 0.6) is 0 Å². The standard InChI is InChI=1S/C13H14BrClO2/c14-11-5-4-9(15)8-10(11)13(12(16)17)6-2-1-3-7-13/h4-5,8H,1-3,6-7H2,(H,16,17). The van der Waals surface area contributed by atoms with E-state index in [0.29, 0.717) is 17.9 Å². The summed E-state index contributed by atoms with van der Waals surface area (Å²) in [6.07, 6.45) is 4.44. The van der Waals surface area contributed by atoms with Crippen molar-refractivity contribution in [3.8, 4) is 0 Å². The predicted molar refractivity (Wildman–Crippen MR) is 71.6 cm³/mol. The molecule has 1 fully saturated rings. The smallest absolute Gasteiger partial charge is 0.314 e. The second-order valence-corrected chi connectivity index (χ2v) is 5.86. The van der Waals surface area contributed by atoms with Crippen molar-refractivity contribution in [3.63, 3.8) is 0 Å². The van der Waals surface area contributed by atoms with Crippen LogP contribution in [0.3, 0.4) is 0 Å². The summed E-state index contributed by atoms with van der Waals surface area (Å²) in [4.78, 5) is 11.7. The first kappa shape index (κ1) is 12.9. The third-order valence-electron chi connectivity index (χ3n) is 3.56. The second-order valence-electron chi connectivity index (χ2n) is 4.57. The Balaban J connectivity index is 2.52. The highest BCUT2D eigenvalue weighted by Crippen LogP contribution is 2.43. The fourth-order valence-corrected chi connectivity index (χ4v) is 3.42. The molecule has 1 aromatic carbocycles. The molecule has 0 unspecified atom stereocenters. The summed E-state index contributed by atoms with van der Waals surface area (Å²) in [7, 11) is 0. The third kappa shape index (κ3) is 2.36. The molecule has 92 valence electrons. The van der Waals surface area contributed by atoms with E-state index in [9.17, 15) is 9.90 Å². The Labute approximate surface area is 114 Å². The van der Waals surface area contributed by atoms with E-state index in [2.05, 4.69) is 15.9 Å². The van der Waals surface area contributed by atoms with E-state index in [1.807, 2.05) is 6.07 Å². The predicted octanol–water partition coefficient (Wildman–Crippen LogP) is 4.39. The first-order valence-corrected chi connectivity index (χ1v) is 6.92. The fourth-order valence-electron chi connectivity index (χ4n) is 2.62. The molecule has 1 aromatic rings. The van der Waals surface area contributed by atoms with Gasteiger partial charge in [0.05, 0.1) is 5.41 Å². The molecule has 0 aliphatic heterocycles. The first-order chi connectivity index (χ1) is 8.06. The molecule has 0 heterocycles. The van der Waals surface area contributed by atoms with Gasteiger partial charge in [-0.1, -0.05) is 46.8 Å². The molecule has 0 radical (unpaired) electrons. The van der Waals surface area contributed by atoms with Crippen LogP contribution in [0.4, 0.5) is 0 Å². The zero-order chi connectivity index (χ0) is 12.5. The highest BCUT2D eigenvalue weighted by atomic mass is 79.9. The van der Waals surface area contributed by atoms with Crippen molar-refractivity contribution < 1.29 is 9.90 Å². The zero-order valence-electron chi connectivity index (χ0n) is 9.38. The van der Waals surface area contributed by atoms with Crippen molar-refractivity contribution in [3.05, 3.63) is 33.3 Å². The molecule has 4 heteroatoms. The van der Waals surface area contributed by atoms with Gasteiger partial charge in [-0.05, 0) is 36.6 Å². The molecular weight excluding hydrogens is 303 g/mol. The summed E-state index contributed by atoms with van der Waals surface area (Å²) < 4.78 is 0.839. The van der Waals surface area contributed by atoms with E-state index >= 15 is 0 Å². The van der Waals surface area contributed by atoms with E-state index in [4.69, 9.17) is 11.6 Å². The summed E-state index contributed by atoms with van der Waals surface area (Å²) in [6.45, 7) is 0. The Morgan fingerprint density at radius 3 is 2.53 bits per heavy atom. The molecule has 0 amide bonds. The van der Waals surface area contributed by atoms with Crippen molar-refractivity contribution in [2.45, 2.75) is 37.5 Å². The van der Waals surface area contributed by atoms with E-state index in [1.165, 1.54) is 0 Å². The Kier molecular flexibility index (Phi) is 3.79. The maximum atomic E-state index is 11.7. The molecule has 0 aromatic heterocycles. The van der Waals surface area contributed by atoms with Gasteiger partial charge in [0.2, 0.25) is 0 Å². The van der Waals surface area contributed by atoms with Crippen molar-refractivity contribution in [1.82, 2.24) is 0 Å². The molecule has 0 spiro atoms. The topological polar surface area (TPSA) is 37.3 Å². The van der Waals surface area contributed by atoms with Crippen LogP contribution in [-0.2, 0) is 10.2 Å². The molecule has 0 saturated heterocycles.